The van der Waals surface area contributed by atoms with Gasteiger partial charge in [0.25, 0.3) is 0 Å². The van der Waals surface area contributed by atoms with Crippen molar-refractivity contribution in [2.45, 2.75) is 39.2 Å². The van der Waals surface area contributed by atoms with Gasteiger partial charge in [0.1, 0.15) is 27.3 Å². The first-order chi connectivity index (χ1) is 19.9. The molecule has 2 aromatic heterocycles. The van der Waals surface area contributed by atoms with Gasteiger partial charge in [-0.15, -0.1) is 10.2 Å². The molecule has 0 aliphatic carbocycles. The summed E-state index contributed by atoms with van der Waals surface area (Å²) in [5, 5.41) is 10.6. The Morgan fingerprint density at radius 2 is 1.66 bits per heavy atom. The molecule has 212 valence electrons. The van der Waals surface area contributed by atoms with Crippen molar-refractivity contribution in [2.24, 2.45) is 0 Å². The zero-order valence-electron chi connectivity index (χ0n) is 23.9. The number of carbonyl (C=O) groups excluding carboxylic acids is 1. The fraction of sp³-hybridized carbons (Fsp3) is 0.375. The molecule has 4 heterocycles. The molecule has 0 unspecified atom stereocenters. The van der Waals surface area contributed by atoms with E-state index in [4.69, 9.17) is 4.74 Å². The van der Waals surface area contributed by atoms with E-state index in [-0.39, 0.29) is 5.91 Å². The lowest BCUT2D eigenvalue weighted by Crippen LogP contribution is -2.44. The van der Waals surface area contributed by atoms with Gasteiger partial charge >= 0.3 is 0 Å². The normalized spacial score (nSPS) is 16.1. The van der Waals surface area contributed by atoms with E-state index in [0.717, 1.165) is 88.7 Å². The van der Waals surface area contributed by atoms with Gasteiger partial charge in [-0.25, -0.2) is 4.98 Å². The van der Waals surface area contributed by atoms with Crippen molar-refractivity contribution in [1.29, 1.82) is 0 Å². The number of rotatable bonds is 8. The predicted octanol–water partition coefficient (Wildman–Crippen LogP) is 6.06. The highest BCUT2D eigenvalue weighted by Crippen LogP contribution is 2.35. The summed E-state index contributed by atoms with van der Waals surface area (Å²) >= 11 is 1.62. The third kappa shape index (κ3) is 6.26. The van der Waals surface area contributed by atoms with E-state index in [2.05, 4.69) is 70.1 Å². The fourth-order valence-corrected chi connectivity index (χ4v) is 6.07. The Bertz CT molecular complexity index is 1510. The summed E-state index contributed by atoms with van der Waals surface area (Å²) in [4.78, 5) is 23.7. The van der Waals surface area contributed by atoms with Crippen LogP contribution in [0.15, 0.2) is 60.8 Å². The number of hydrogen-bond acceptors (Lipinski definition) is 8. The SMILES string of the molecule is CC(C)c1nnc(-c2ccc(Oc3cc(-c4ccnc(N5CCN(C)CC5)c4)ccc3CN3CCCC3=O)cc2)s1. The molecular formula is C32H36N6O2S. The number of hydrogen-bond donors (Lipinski definition) is 0. The lowest BCUT2D eigenvalue weighted by Gasteiger charge is -2.33. The van der Waals surface area contributed by atoms with E-state index in [1.807, 2.05) is 41.4 Å². The van der Waals surface area contributed by atoms with Crippen molar-refractivity contribution >= 4 is 23.1 Å². The van der Waals surface area contributed by atoms with Gasteiger partial charge in [0.05, 0.1) is 0 Å². The number of likely N-dealkylation sites (tertiary alicyclic amines) is 1. The van der Waals surface area contributed by atoms with E-state index >= 15 is 0 Å². The Morgan fingerprint density at radius 3 is 2.37 bits per heavy atom. The zero-order valence-corrected chi connectivity index (χ0v) is 24.7. The lowest BCUT2D eigenvalue weighted by molar-refractivity contribution is -0.128. The van der Waals surface area contributed by atoms with E-state index in [0.29, 0.717) is 18.9 Å². The molecule has 4 aromatic rings. The van der Waals surface area contributed by atoms with E-state index < -0.39 is 0 Å². The summed E-state index contributed by atoms with van der Waals surface area (Å²) in [7, 11) is 2.16. The zero-order chi connectivity index (χ0) is 28.3. The van der Waals surface area contributed by atoms with Gasteiger partial charge in [0.15, 0.2) is 0 Å². The minimum Gasteiger partial charge on any atom is -0.457 e. The molecule has 0 spiro atoms. The van der Waals surface area contributed by atoms with Crippen LogP contribution in [0.25, 0.3) is 21.7 Å². The molecule has 2 saturated heterocycles. The molecule has 2 fully saturated rings. The number of nitrogens with zero attached hydrogens (tertiary/aromatic N) is 6. The maximum Gasteiger partial charge on any atom is 0.222 e. The van der Waals surface area contributed by atoms with Crippen LogP contribution < -0.4 is 9.64 Å². The van der Waals surface area contributed by atoms with Crippen LogP contribution in [0.2, 0.25) is 0 Å². The van der Waals surface area contributed by atoms with Crippen molar-refractivity contribution < 1.29 is 9.53 Å². The van der Waals surface area contributed by atoms with Gasteiger partial charge < -0.3 is 19.4 Å². The molecule has 0 saturated carbocycles. The minimum absolute atomic E-state index is 0.202. The van der Waals surface area contributed by atoms with Gasteiger partial charge in [-0.2, -0.15) is 0 Å². The summed E-state index contributed by atoms with van der Waals surface area (Å²) in [6, 6.07) is 18.5. The second-order valence-electron chi connectivity index (χ2n) is 11.2. The number of likely N-dealkylation sites (N-methyl/N-ethyl adjacent to an activating group) is 1. The van der Waals surface area contributed by atoms with E-state index in [9.17, 15) is 4.79 Å². The standard InChI is InChI=1S/C32H36N6O2S/c1-22(2)31-34-35-32(41-31)23-8-10-27(11-9-23)40-28-19-24(6-7-26(28)21-38-14-4-5-30(38)39)25-12-13-33-29(20-25)37-17-15-36(3)16-18-37/h6-13,19-20,22H,4-5,14-18,21H2,1-3H3. The summed E-state index contributed by atoms with van der Waals surface area (Å²) < 4.78 is 6.51. The van der Waals surface area contributed by atoms with Crippen LogP contribution in [-0.4, -0.2) is 70.7 Å². The predicted molar refractivity (Wildman–Crippen MR) is 164 cm³/mol. The van der Waals surface area contributed by atoms with Crippen molar-refractivity contribution in [3.05, 3.63) is 71.4 Å². The van der Waals surface area contributed by atoms with Crippen LogP contribution >= 0.6 is 11.3 Å². The number of benzene rings is 2. The van der Waals surface area contributed by atoms with Crippen LogP contribution in [0, 0.1) is 0 Å². The third-order valence-corrected chi connectivity index (χ3v) is 9.04. The molecule has 0 radical (unpaired) electrons. The van der Waals surface area contributed by atoms with Gasteiger partial charge in [-0.05, 0) is 67.1 Å². The van der Waals surface area contributed by atoms with Crippen LogP contribution in [0.5, 0.6) is 11.5 Å². The number of pyridine rings is 1. The van der Waals surface area contributed by atoms with Crippen molar-refractivity contribution in [3.63, 3.8) is 0 Å². The maximum absolute atomic E-state index is 12.4. The maximum atomic E-state index is 12.4. The molecule has 2 aliphatic heterocycles. The second kappa shape index (κ2) is 12.0. The van der Waals surface area contributed by atoms with E-state index in [1.54, 1.807) is 11.3 Å². The number of anilines is 1. The largest absolute Gasteiger partial charge is 0.457 e. The topological polar surface area (TPSA) is 74.7 Å². The Hall–Kier alpha value is -3.82. The molecule has 6 rings (SSSR count). The lowest BCUT2D eigenvalue weighted by atomic mass is 10.0. The highest BCUT2D eigenvalue weighted by Gasteiger charge is 2.22. The molecule has 0 atom stereocenters. The summed E-state index contributed by atoms with van der Waals surface area (Å²) in [5.74, 6) is 3.05. The molecule has 1 amide bonds. The Labute approximate surface area is 245 Å². The highest BCUT2D eigenvalue weighted by molar-refractivity contribution is 7.14. The molecule has 41 heavy (non-hydrogen) atoms. The Kier molecular flexibility index (Phi) is 7.98. The molecule has 0 N–H and O–H groups in total. The molecule has 8 nitrogen and oxygen atoms in total. The van der Waals surface area contributed by atoms with Crippen molar-refractivity contribution in [3.8, 4) is 33.2 Å². The van der Waals surface area contributed by atoms with Crippen LogP contribution in [-0.2, 0) is 11.3 Å². The average molecular weight is 569 g/mol. The summed E-state index contributed by atoms with van der Waals surface area (Å²) in [5.41, 5.74) is 4.16. The third-order valence-electron chi connectivity index (χ3n) is 7.77. The number of aromatic nitrogens is 3. The Balaban J connectivity index is 1.28. The van der Waals surface area contributed by atoms with Gasteiger partial charge in [-0.1, -0.05) is 37.3 Å². The van der Waals surface area contributed by atoms with Crippen LogP contribution in [0.3, 0.4) is 0 Å². The number of carbonyl (C=O) groups is 1. The van der Waals surface area contributed by atoms with Gasteiger partial charge in [0, 0.05) is 68.9 Å². The number of amides is 1. The first-order valence-corrected chi connectivity index (χ1v) is 15.2. The second-order valence-corrected chi connectivity index (χ2v) is 12.2. The minimum atomic E-state index is 0.202. The number of ether oxygens (including phenoxy) is 1. The Morgan fingerprint density at radius 1 is 0.902 bits per heavy atom. The monoisotopic (exact) mass is 568 g/mol. The van der Waals surface area contributed by atoms with Crippen molar-refractivity contribution in [1.82, 2.24) is 25.0 Å². The van der Waals surface area contributed by atoms with Crippen LogP contribution in [0.4, 0.5) is 5.82 Å². The first kappa shape index (κ1) is 27.4. The fourth-order valence-electron chi connectivity index (χ4n) is 5.22. The molecule has 2 aliphatic rings. The first-order valence-electron chi connectivity index (χ1n) is 14.4. The molecule has 2 aromatic carbocycles. The summed E-state index contributed by atoms with van der Waals surface area (Å²) in [6.07, 6.45) is 3.41. The highest BCUT2D eigenvalue weighted by atomic mass is 32.1. The quantitative estimate of drug-likeness (QED) is 0.256. The van der Waals surface area contributed by atoms with Crippen LogP contribution in [0.1, 0.15) is 43.2 Å². The van der Waals surface area contributed by atoms with Gasteiger partial charge in [0.2, 0.25) is 5.91 Å². The molecular weight excluding hydrogens is 532 g/mol. The summed E-state index contributed by atoms with van der Waals surface area (Å²) in [6.45, 7) is 9.58. The van der Waals surface area contributed by atoms with E-state index in [1.165, 1.54) is 0 Å². The number of piperazine rings is 1. The molecule has 9 heteroatoms. The smallest absolute Gasteiger partial charge is 0.222 e. The van der Waals surface area contributed by atoms with Crippen molar-refractivity contribution in [2.75, 3.05) is 44.7 Å². The average Bonchev–Trinajstić information content (AvgIpc) is 3.64. The van der Waals surface area contributed by atoms with Gasteiger partial charge in [-0.3, -0.25) is 4.79 Å². The molecule has 0 bridgehead atoms.